The fraction of sp³-hybridized carbons (Fsp3) is 0.235. The summed E-state index contributed by atoms with van der Waals surface area (Å²) >= 11 is 0. The molecule has 0 aromatic heterocycles. The quantitative estimate of drug-likeness (QED) is 0.727. The molecule has 2 aromatic carbocycles. The van der Waals surface area contributed by atoms with E-state index in [9.17, 15) is 26.4 Å². The monoisotopic (exact) mass is 417 g/mol. The molecule has 0 fully saturated rings. The fourth-order valence-corrected chi connectivity index (χ4v) is 3.52. The first-order chi connectivity index (χ1) is 13.0. The van der Waals surface area contributed by atoms with Crippen LogP contribution in [0.5, 0.6) is 17.2 Å². The predicted octanol–water partition coefficient (Wildman–Crippen LogP) is 3.00. The maximum absolute atomic E-state index is 12.5. The van der Waals surface area contributed by atoms with Gasteiger partial charge in [-0.15, -0.1) is 13.2 Å². The molecule has 0 aliphatic carbocycles. The average Bonchev–Trinajstić information content (AvgIpc) is 3.06. The summed E-state index contributed by atoms with van der Waals surface area (Å²) in [5.41, 5.74) is 0.0833. The van der Waals surface area contributed by atoms with Crippen molar-refractivity contribution in [1.82, 2.24) is 4.72 Å². The van der Waals surface area contributed by atoms with Crippen LogP contribution in [-0.2, 0) is 16.6 Å². The molecular formula is C17H14F3NO6S. The number of halogens is 3. The van der Waals surface area contributed by atoms with Crippen LogP contribution in [0.4, 0.5) is 13.2 Å². The first-order valence-corrected chi connectivity index (χ1v) is 9.32. The zero-order valence-electron chi connectivity index (χ0n) is 14.4. The summed E-state index contributed by atoms with van der Waals surface area (Å²) in [6.45, 7) is 0.981. The molecule has 11 heteroatoms. The fourth-order valence-electron chi connectivity index (χ4n) is 2.48. The Morgan fingerprint density at radius 1 is 1.14 bits per heavy atom. The summed E-state index contributed by atoms with van der Waals surface area (Å²) in [6.07, 6.45) is -5.01. The van der Waals surface area contributed by atoms with Gasteiger partial charge in [-0.2, -0.15) is 0 Å². The first-order valence-electron chi connectivity index (χ1n) is 7.84. The molecule has 0 bridgehead atoms. The van der Waals surface area contributed by atoms with Gasteiger partial charge in [-0.1, -0.05) is 6.07 Å². The van der Waals surface area contributed by atoms with Crippen LogP contribution in [-0.4, -0.2) is 27.4 Å². The number of benzene rings is 2. The molecule has 0 unspecified atom stereocenters. The van der Waals surface area contributed by atoms with Crippen LogP contribution in [0, 0.1) is 0 Å². The summed E-state index contributed by atoms with van der Waals surface area (Å²) in [5, 5.41) is 0. The number of alkyl halides is 3. The van der Waals surface area contributed by atoms with Crippen molar-refractivity contribution in [1.29, 1.82) is 0 Å². The SMILES string of the molecule is CC(=O)c1cc(S(=O)(=O)NCc2ccc3c(c2)OCO3)ccc1OC(F)(F)F. The van der Waals surface area contributed by atoms with Gasteiger partial charge in [-0.05, 0) is 42.8 Å². The number of hydrogen-bond donors (Lipinski definition) is 1. The molecule has 1 N–H and O–H groups in total. The van der Waals surface area contributed by atoms with E-state index in [4.69, 9.17) is 9.47 Å². The number of ether oxygens (including phenoxy) is 3. The molecule has 0 spiro atoms. The van der Waals surface area contributed by atoms with E-state index < -0.39 is 33.5 Å². The molecule has 2 aromatic rings. The number of fused-ring (bicyclic) bond motifs is 1. The van der Waals surface area contributed by atoms with E-state index >= 15 is 0 Å². The molecule has 1 aliphatic rings. The number of ketones is 1. The zero-order chi connectivity index (χ0) is 20.5. The van der Waals surface area contributed by atoms with Crippen LogP contribution in [0.15, 0.2) is 41.3 Å². The van der Waals surface area contributed by atoms with Crippen LogP contribution < -0.4 is 18.9 Å². The third-order valence-electron chi connectivity index (χ3n) is 3.77. The van der Waals surface area contributed by atoms with Crippen molar-refractivity contribution in [2.45, 2.75) is 24.7 Å². The Balaban J connectivity index is 1.81. The van der Waals surface area contributed by atoms with Gasteiger partial charge in [-0.25, -0.2) is 13.1 Å². The normalized spacial score (nSPS) is 13.4. The minimum Gasteiger partial charge on any atom is -0.454 e. The van der Waals surface area contributed by atoms with Crippen molar-refractivity contribution in [3.8, 4) is 17.2 Å². The first kappa shape index (κ1) is 20.0. The lowest BCUT2D eigenvalue weighted by Gasteiger charge is -2.13. The molecule has 150 valence electrons. The second kappa shape index (κ2) is 7.32. The Bertz CT molecular complexity index is 1020. The van der Waals surface area contributed by atoms with Crippen molar-refractivity contribution in [3.05, 3.63) is 47.5 Å². The second-order valence-corrected chi connectivity index (χ2v) is 7.54. The number of hydrogen-bond acceptors (Lipinski definition) is 6. The minimum atomic E-state index is -5.01. The topological polar surface area (TPSA) is 90.9 Å². The number of Topliss-reactive ketones (excluding diaryl/α,β-unsaturated/α-hetero) is 1. The van der Waals surface area contributed by atoms with Crippen LogP contribution in [0.2, 0.25) is 0 Å². The highest BCUT2D eigenvalue weighted by molar-refractivity contribution is 7.89. The molecule has 0 amide bonds. The molecule has 0 atom stereocenters. The van der Waals surface area contributed by atoms with Gasteiger partial charge < -0.3 is 14.2 Å². The van der Waals surface area contributed by atoms with Crippen LogP contribution in [0.25, 0.3) is 0 Å². The van der Waals surface area contributed by atoms with Crippen molar-refractivity contribution >= 4 is 15.8 Å². The van der Waals surface area contributed by atoms with E-state index in [0.29, 0.717) is 17.1 Å². The van der Waals surface area contributed by atoms with Gasteiger partial charge in [0.2, 0.25) is 16.8 Å². The molecule has 0 saturated heterocycles. The van der Waals surface area contributed by atoms with Gasteiger partial charge in [-0.3, -0.25) is 4.79 Å². The van der Waals surface area contributed by atoms with E-state index in [-0.39, 0.29) is 18.2 Å². The molecule has 28 heavy (non-hydrogen) atoms. The molecule has 1 aliphatic heterocycles. The lowest BCUT2D eigenvalue weighted by molar-refractivity contribution is -0.274. The Morgan fingerprint density at radius 2 is 1.86 bits per heavy atom. The third-order valence-corrected chi connectivity index (χ3v) is 5.17. The van der Waals surface area contributed by atoms with E-state index in [0.717, 1.165) is 25.1 Å². The van der Waals surface area contributed by atoms with Crippen molar-refractivity contribution < 1.29 is 40.6 Å². The lowest BCUT2D eigenvalue weighted by atomic mass is 10.1. The summed E-state index contributed by atoms with van der Waals surface area (Å²) in [6, 6.07) is 7.42. The van der Waals surface area contributed by atoms with Crippen LogP contribution in [0.1, 0.15) is 22.8 Å². The van der Waals surface area contributed by atoms with Gasteiger partial charge in [0.05, 0.1) is 10.5 Å². The van der Waals surface area contributed by atoms with Gasteiger partial charge in [0.1, 0.15) is 5.75 Å². The average molecular weight is 417 g/mol. The molecule has 7 nitrogen and oxygen atoms in total. The van der Waals surface area contributed by atoms with Crippen LogP contribution in [0.3, 0.4) is 0 Å². The third kappa shape index (κ3) is 4.54. The van der Waals surface area contributed by atoms with Gasteiger partial charge in [0, 0.05) is 6.54 Å². The largest absolute Gasteiger partial charge is 0.573 e. The van der Waals surface area contributed by atoms with Gasteiger partial charge >= 0.3 is 6.36 Å². The maximum Gasteiger partial charge on any atom is 0.573 e. The minimum absolute atomic E-state index is 0.0741. The number of sulfonamides is 1. The summed E-state index contributed by atoms with van der Waals surface area (Å²) in [5.74, 6) is -0.524. The molecule has 0 radical (unpaired) electrons. The standard InChI is InChI=1S/C17H14F3NO6S/c1-10(22)13-7-12(3-5-14(13)27-17(18,19)20)28(23,24)21-8-11-2-4-15-16(6-11)26-9-25-15/h2-7,21H,8-9H2,1H3. The van der Waals surface area contributed by atoms with E-state index in [1.54, 1.807) is 18.2 Å². The summed E-state index contributed by atoms with van der Waals surface area (Å²) in [4.78, 5) is 11.3. The highest BCUT2D eigenvalue weighted by Gasteiger charge is 2.33. The summed E-state index contributed by atoms with van der Waals surface area (Å²) in [7, 11) is -4.10. The predicted molar refractivity (Wildman–Crippen MR) is 89.7 cm³/mol. The van der Waals surface area contributed by atoms with Gasteiger partial charge in [0.25, 0.3) is 0 Å². The Kier molecular flexibility index (Phi) is 5.22. The van der Waals surface area contributed by atoms with E-state index in [1.165, 1.54) is 0 Å². The molecule has 1 heterocycles. The number of rotatable bonds is 6. The second-order valence-electron chi connectivity index (χ2n) is 5.77. The van der Waals surface area contributed by atoms with E-state index in [1.807, 2.05) is 0 Å². The number of carbonyl (C=O) groups is 1. The Morgan fingerprint density at radius 3 is 2.54 bits per heavy atom. The highest BCUT2D eigenvalue weighted by Crippen LogP contribution is 2.33. The molecule has 3 rings (SSSR count). The van der Waals surface area contributed by atoms with Crippen molar-refractivity contribution in [3.63, 3.8) is 0 Å². The maximum atomic E-state index is 12.5. The van der Waals surface area contributed by atoms with Crippen LogP contribution >= 0.6 is 0 Å². The lowest BCUT2D eigenvalue weighted by Crippen LogP contribution is -2.24. The molecular weight excluding hydrogens is 403 g/mol. The van der Waals surface area contributed by atoms with Gasteiger partial charge in [0.15, 0.2) is 17.3 Å². The Hall–Kier alpha value is -2.79. The smallest absolute Gasteiger partial charge is 0.454 e. The Labute approximate surface area is 158 Å². The van der Waals surface area contributed by atoms with Crippen molar-refractivity contribution in [2.24, 2.45) is 0 Å². The zero-order valence-corrected chi connectivity index (χ0v) is 15.2. The van der Waals surface area contributed by atoms with E-state index in [2.05, 4.69) is 9.46 Å². The highest BCUT2D eigenvalue weighted by atomic mass is 32.2. The number of carbonyl (C=O) groups excluding carboxylic acids is 1. The van der Waals surface area contributed by atoms with Crippen molar-refractivity contribution in [2.75, 3.05) is 6.79 Å². The summed E-state index contributed by atoms with van der Waals surface area (Å²) < 4.78 is 78.7. The molecule has 0 saturated carbocycles. The number of nitrogens with one attached hydrogen (secondary N) is 1.